The van der Waals surface area contributed by atoms with E-state index in [1.807, 2.05) is 0 Å². The molecule has 0 radical (unpaired) electrons. The number of hydrogen-bond donors (Lipinski definition) is 1. The summed E-state index contributed by atoms with van der Waals surface area (Å²) in [4.78, 5) is 0. The summed E-state index contributed by atoms with van der Waals surface area (Å²) in [7, 11) is 1.71. The number of hydrogen-bond acceptors (Lipinski definition) is 2. The molecule has 4 heteroatoms. The molecule has 0 aliphatic heterocycles. The molecule has 0 spiro atoms. The van der Waals surface area contributed by atoms with Gasteiger partial charge in [0, 0.05) is 17.6 Å². The fourth-order valence-corrected chi connectivity index (χ4v) is 2.07. The Morgan fingerprint density at radius 1 is 1.47 bits per heavy atom. The molecule has 1 aliphatic rings. The van der Waals surface area contributed by atoms with Crippen molar-refractivity contribution >= 4 is 21.6 Å². The molecule has 2 rings (SSSR count). The van der Waals surface area contributed by atoms with Crippen LogP contribution in [0.25, 0.3) is 0 Å². The third-order valence-corrected chi connectivity index (χ3v) is 3.21. The molecule has 1 aromatic rings. The number of methoxy groups -OCH3 is 1. The highest BCUT2D eigenvalue weighted by molar-refractivity contribution is 9.10. The molecule has 82 valence electrons. The molecule has 1 fully saturated rings. The Hall–Kier alpha value is -0.610. The molecule has 1 N–H and O–H groups in total. The summed E-state index contributed by atoms with van der Waals surface area (Å²) >= 11 is 3.32. The number of halogens is 2. The summed E-state index contributed by atoms with van der Waals surface area (Å²) in [6.07, 6.45) is 2.22. The van der Waals surface area contributed by atoms with Crippen LogP contribution >= 0.6 is 15.9 Å². The minimum Gasteiger partial charge on any atom is -0.381 e. The van der Waals surface area contributed by atoms with Crippen LogP contribution < -0.4 is 5.32 Å². The average Bonchev–Trinajstić information content (AvgIpc) is 2.16. The monoisotopic (exact) mass is 273 g/mol. The van der Waals surface area contributed by atoms with E-state index in [4.69, 9.17) is 4.74 Å². The number of rotatable bonds is 3. The quantitative estimate of drug-likeness (QED) is 0.914. The highest BCUT2D eigenvalue weighted by atomic mass is 79.9. The van der Waals surface area contributed by atoms with Crippen molar-refractivity contribution in [2.45, 2.75) is 25.0 Å². The van der Waals surface area contributed by atoms with Crippen molar-refractivity contribution in [2.75, 3.05) is 12.4 Å². The zero-order valence-electron chi connectivity index (χ0n) is 8.47. The van der Waals surface area contributed by atoms with Gasteiger partial charge >= 0.3 is 0 Å². The summed E-state index contributed by atoms with van der Waals surface area (Å²) in [6.45, 7) is 0. The van der Waals surface area contributed by atoms with E-state index >= 15 is 0 Å². The Morgan fingerprint density at radius 2 is 2.20 bits per heavy atom. The lowest BCUT2D eigenvalue weighted by Gasteiger charge is -2.35. The molecule has 2 nitrogen and oxygen atoms in total. The maximum atomic E-state index is 13.4. The molecule has 0 atom stereocenters. The van der Waals surface area contributed by atoms with Gasteiger partial charge in [0.15, 0.2) is 0 Å². The summed E-state index contributed by atoms with van der Waals surface area (Å²) in [5.74, 6) is -0.209. The molecular formula is C11H13BrFNO. The second kappa shape index (κ2) is 4.49. The van der Waals surface area contributed by atoms with Gasteiger partial charge in [-0.25, -0.2) is 4.39 Å². The first-order valence-electron chi connectivity index (χ1n) is 4.93. The standard InChI is InChI=1S/C11H13BrFNO/c1-15-9-5-8(6-9)14-11-4-7(12)2-3-10(11)13/h2-4,8-9,14H,5-6H2,1H3. The van der Waals surface area contributed by atoms with E-state index < -0.39 is 0 Å². The normalized spacial score (nSPS) is 24.7. The van der Waals surface area contributed by atoms with Gasteiger partial charge in [0.05, 0.1) is 11.8 Å². The van der Waals surface area contributed by atoms with Crippen LogP contribution in [0.4, 0.5) is 10.1 Å². The third-order valence-electron chi connectivity index (χ3n) is 2.72. The van der Waals surface area contributed by atoms with Crippen molar-refractivity contribution < 1.29 is 9.13 Å². The van der Waals surface area contributed by atoms with E-state index in [2.05, 4.69) is 21.2 Å². The second-order valence-electron chi connectivity index (χ2n) is 3.79. The molecular weight excluding hydrogens is 261 g/mol. The molecule has 0 heterocycles. The van der Waals surface area contributed by atoms with Gasteiger partial charge in [0.25, 0.3) is 0 Å². The zero-order valence-corrected chi connectivity index (χ0v) is 10.1. The highest BCUT2D eigenvalue weighted by Crippen LogP contribution is 2.28. The summed E-state index contributed by atoms with van der Waals surface area (Å²) in [5.41, 5.74) is 0.559. The van der Waals surface area contributed by atoms with Crippen LogP contribution in [-0.4, -0.2) is 19.3 Å². The van der Waals surface area contributed by atoms with E-state index in [1.54, 1.807) is 19.2 Å². The van der Waals surface area contributed by atoms with Crippen molar-refractivity contribution in [3.63, 3.8) is 0 Å². The van der Waals surface area contributed by atoms with Crippen LogP contribution in [0.3, 0.4) is 0 Å². The number of anilines is 1. The third kappa shape index (κ3) is 2.49. The van der Waals surface area contributed by atoms with Crippen molar-refractivity contribution in [1.29, 1.82) is 0 Å². The van der Waals surface area contributed by atoms with Gasteiger partial charge in [-0.15, -0.1) is 0 Å². The number of nitrogens with one attached hydrogen (secondary N) is 1. The first kappa shape index (κ1) is 10.9. The van der Waals surface area contributed by atoms with Gasteiger partial charge in [-0.2, -0.15) is 0 Å². The summed E-state index contributed by atoms with van der Waals surface area (Å²) in [6, 6.07) is 5.24. The predicted octanol–water partition coefficient (Wildman–Crippen LogP) is 3.18. The lowest BCUT2D eigenvalue weighted by molar-refractivity contribution is 0.0328. The lowest BCUT2D eigenvalue weighted by atomic mass is 9.89. The molecule has 0 bridgehead atoms. The van der Waals surface area contributed by atoms with E-state index in [0.29, 0.717) is 17.8 Å². The Labute approximate surface area is 96.9 Å². The minimum atomic E-state index is -0.209. The Bertz CT molecular complexity index is 352. The molecule has 0 unspecified atom stereocenters. The first-order chi connectivity index (χ1) is 7.19. The van der Waals surface area contributed by atoms with Crippen LogP contribution in [-0.2, 0) is 4.74 Å². The lowest BCUT2D eigenvalue weighted by Crippen LogP contribution is -2.40. The van der Waals surface area contributed by atoms with Crippen LogP contribution in [0.2, 0.25) is 0 Å². The Kier molecular flexibility index (Phi) is 3.26. The second-order valence-corrected chi connectivity index (χ2v) is 4.71. The predicted molar refractivity (Wildman–Crippen MR) is 61.5 cm³/mol. The average molecular weight is 274 g/mol. The number of ether oxygens (including phenoxy) is 1. The van der Waals surface area contributed by atoms with Crippen LogP contribution in [0, 0.1) is 5.82 Å². The van der Waals surface area contributed by atoms with Gasteiger partial charge in [-0.1, -0.05) is 15.9 Å². The van der Waals surface area contributed by atoms with Crippen molar-refractivity contribution in [3.05, 3.63) is 28.5 Å². The smallest absolute Gasteiger partial charge is 0.146 e. The van der Waals surface area contributed by atoms with Crippen LogP contribution in [0.1, 0.15) is 12.8 Å². The fraction of sp³-hybridized carbons (Fsp3) is 0.455. The first-order valence-corrected chi connectivity index (χ1v) is 5.72. The SMILES string of the molecule is COC1CC(Nc2cc(Br)ccc2F)C1. The van der Waals surface area contributed by atoms with Gasteiger partial charge in [-0.05, 0) is 31.0 Å². The minimum absolute atomic E-state index is 0.209. The molecule has 1 aromatic carbocycles. The number of benzene rings is 1. The summed E-state index contributed by atoms with van der Waals surface area (Å²) in [5, 5.41) is 3.17. The maximum Gasteiger partial charge on any atom is 0.146 e. The molecule has 0 amide bonds. The zero-order chi connectivity index (χ0) is 10.8. The maximum absolute atomic E-state index is 13.4. The van der Waals surface area contributed by atoms with E-state index in [1.165, 1.54) is 6.07 Å². The van der Waals surface area contributed by atoms with Crippen LogP contribution in [0.5, 0.6) is 0 Å². The van der Waals surface area contributed by atoms with Gasteiger partial charge in [-0.3, -0.25) is 0 Å². The van der Waals surface area contributed by atoms with Crippen LogP contribution in [0.15, 0.2) is 22.7 Å². The Balaban J connectivity index is 1.97. The molecule has 1 aliphatic carbocycles. The largest absolute Gasteiger partial charge is 0.381 e. The molecule has 0 aromatic heterocycles. The van der Waals surface area contributed by atoms with E-state index in [-0.39, 0.29) is 5.82 Å². The fourth-order valence-electron chi connectivity index (χ4n) is 1.70. The molecule has 0 saturated heterocycles. The molecule has 15 heavy (non-hydrogen) atoms. The Morgan fingerprint density at radius 3 is 2.87 bits per heavy atom. The van der Waals surface area contributed by atoms with E-state index in [0.717, 1.165) is 17.3 Å². The van der Waals surface area contributed by atoms with Gasteiger partial charge in [0.2, 0.25) is 0 Å². The van der Waals surface area contributed by atoms with Crippen molar-refractivity contribution in [1.82, 2.24) is 0 Å². The topological polar surface area (TPSA) is 21.3 Å². The van der Waals surface area contributed by atoms with Crippen molar-refractivity contribution in [2.24, 2.45) is 0 Å². The van der Waals surface area contributed by atoms with E-state index in [9.17, 15) is 4.39 Å². The molecule has 1 saturated carbocycles. The summed E-state index contributed by atoms with van der Waals surface area (Å²) < 4.78 is 19.4. The highest BCUT2D eigenvalue weighted by Gasteiger charge is 2.29. The van der Waals surface area contributed by atoms with Gasteiger partial charge in [0.1, 0.15) is 5.82 Å². The van der Waals surface area contributed by atoms with Gasteiger partial charge < -0.3 is 10.1 Å². The van der Waals surface area contributed by atoms with Crippen molar-refractivity contribution in [3.8, 4) is 0 Å².